The van der Waals surface area contributed by atoms with Crippen molar-refractivity contribution in [3.8, 4) is 0 Å². The lowest BCUT2D eigenvalue weighted by molar-refractivity contribution is -0.385. The summed E-state index contributed by atoms with van der Waals surface area (Å²) >= 11 is 0. The fourth-order valence-electron chi connectivity index (χ4n) is 3.00. The molecule has 1 unspecified atom stereocenters. The molecule has 2 amide bonds. The summed E-state index contributed by atoms with van der Waals surface area (Å²) in [4.78, 5) is 48.5. The maximum Gasteiger partial charge on any atom is 0.410 e. The summed E-state index contributed by atoms with van der Waals surface area (Å²) in [5.74, 6) is -1.73. The molecular formula is C20H27N3O7. The van der Waals surface area contributed by atoms with Crippen LogP contribution in [0.15, 0.2) is 18.2 Å². The first-order chi connectivity index (χ1) is 14.0. The lowest BCUT2D eigenvalue weighted by Gasteiger charge is -2.33. The molecule has 10 nitrogen and oxygen atoms in total. The number of amides is 2. The monoisotopic (exact) mass is 421 g/mol. The number of piperidine rings is 1. The molecule has 0 spiro atoms. The van der Waals surface area contributed by atoms with Gasteiger partial charge in [0.25, 0.3) is 11.6 Å². The lowest BCUT2D eigenvalue weighted by Crippen LogP contribution is -2.45. The van der Waals surface area contributed by atoms with Gasteiger partial charge < -0.3 is 19.7 Å². The van der Waals surface area contributed by atoms with Crippen LogP contribution in [-0.2, 0) is 19.1 Å². The number of carbonyl (C=O) groups excluding carboxylic acids is 3. The van der Waals surface area contributed by atoms with Crippen molar-refractivity contribution in [3.63, 3.8) is 0 Å². The van der Waals surface area contributed by atoms with Crippen molar-refractivity contribution in [3.05, 3.63) is 33.9 Å². The predicted octanol–water partition coefficient (Wildman–Crippen LogP) is 3.03. The third-order valence-corrected chi connectivity index (χ3v) is 4.44. The van der Waals surface area contributed by atoms with Crippen LogP contribution >= 0.6 is 0 Å². The zero-order chi connectivity index (χ0) is 22.5. The summed E-state index contributed by atoms with van der Waals surface area (Å²) in [6, 6.07) is 4.30. The fraction of sp³-hybridized carbons (Fsp3) is 0.550. The number of ether oxygens (including phenoxy) is 2. The number of nitro groups is 1. The quantitative estimate of drug-likeness (QED) is 0.439. The first-order valence-electron chi connectivity index (χ1n) is 9.65. The van der Waals surface area contributed by atoms with Gasteiger partial charge in [-0.1, -0.05) is 6.07 Å². The molecule has 0 aromatic heterocycles. The highest BCUT2D eigenvalue weighted by Gasteiger charge is 2.32. The van der Waals surface area contributed by atoms with E-state index in [1.54, 1.807) is 27.7 Å². The van der Waals surface area contributed by atoms with Crippen molar-refractivity contribution in [2.45, 2.75) is 46.1 Å². The van der Waals surface area contributed by atoms with E-state index in [2.05, 4.69) is 5.32 Å². The number of nitro benzene ring substituents is 1. The smallest absolute Gasteiger partial charge is 0.410 e. The number of rotatable bonds is 5. The molecular weight excluding hydrogens is 394 g/mol. The van der Waals surface area contributed by atoms with Gasteiger partial charge in [-0.25, -0.2) is 4.79 Å². The number of nitrogens with one attached hydrogen (secondary N) is 1. The third-order valence-electron chi connectivity index (χ3n) is 4.44. The van der Waals surface area contributed by atoms with Crippen molar-refractivity contribution < 1.29 is 28.8 Å². The highest BCUT2D eigenvalue weighted by molar-refractivity contribution is 5.93. The second kappa shape index (κ2) is 9.55. The highest BCUT2D eigenvalue weighted by atomic mass is 16.6. The standard InChI is InChI=1S/C20H27N3O7/c1-13-7-8-15(10-16(13)23(27)28)21-17(24)12-29-18(25)14-6-5-9-22(11-14)19(26)30-20(2,3)4/h7-8,10,14H,5-6,9,11-12H2,1-4H3,(H,21,24). The number of anilines is 1. The second-order valence-electron chi connectivity index (χ2n) is 8.18. The average molecular weight is 421 g/mol. The molecule has 0 radical (unpaired) electrons. The zero-order valence-electron chi connectivity index (χ0n) is 17.6. The SMILES string of the molecule is Cc1ccc(NC(=O)COC(=O)C2CCCN(C(=O)OC(C)(C)C)C2)cc1[N+](=O)[O-]. The zero-order valence-corrected chi connectivity index (χ0v) is 17.6. The number of hydrogen-bond acceptors (Lipinski definition) is 7. The van der Waals surface area contributed by atoms with Crippen LogP contribution in [0.1, 0.15) is 39.2 Å². The maximum absolute atomic E-state index is 12.3. The third kappa shape index (κ3) is 6.71. The molecule has 2 rings (SSSR count). The molecule has 0 aliphatic carbocycles. The Morgan fingerprint density at radius 3 is 2.63 bits per heavy atom. The van der Waals surface area contributed by atoms with E-state index in [0.29, 0.717) is 24.9 Å². The summed E-state index contributed by atoms with van der Waals surface area (Å²) in [6.07, 6.45) is 0.681. The van der Waals surface area contributed by atoms with Gasteiger partial charge in [0.15, 0.2) is 6.61 Å². The summed E-state index contributed by atoms with van der Waals surface area (Å²) in [6.45, 7) is 7.02. The largest absolute Gasteiger partial charge is 0.455 e. The predicted molar refractivity (Wildman–Crippen MR) is 108 cm³/mol. The molecule has 1 aromatic carbocycles. The molecule has 1 aliphatic rings. The van der Waals surface area contributed by atoms with Gasteiger partial charge in [-0.05, 0) is 46.6 Å². The molecule has 1 fully saturated rings. The molecule has 0 saturated carbocycles. The normalized spacial score (nSPS) is 16.5. The molecule has 164 valence electrons. The number of hydrogen-bond donors (Lipinski definition) is 1. The van der Waals surface area contributed by atoms with Gasteiger partial charge in [-0.3, -0.25) is 19.7 Å². The summed E-state index contributed by atoms with van der Waals surface area (Å²) < 4.78 is 10.4. The number of aryl methyl sites for hydroxylation is 1. The minimum Gasteiger partial charge on any atom is -0.455 e. The van der Waals surface area contributed by atoms with Crippen molar-refractivity contribution in [2.75, 3.05) is 25.0 Å². The van der Waals surface area contributed by atoms with Gasteiger partial charge in [0.2, 0.25) is 0 Å². The van der Waals surface area contributed by atoms with Crippen LogP contribution in [0.5, 0.6) is 0 Å². The minimum atomic E-state index is -0.631. The van der Waals surface area contributed by atoms with Crippen LogP contribution in [0.25, 0.3) is 0 Å². The van der Waals surface area contributed by atoms with Gasteiger partial charge in [-0.2, -0.15) is 0 Å². The Morgan fingerprint density at radius 2 is 2.00 bits per heavy atom. The van der Waals surface area contributed by atoms with E-state index in [-0.39, 0.29) is 17.9 Å². The van der Waals surface area contributed by atoms with Gasteiger partial charge in [0, 0.05) is 30.4 Å². The Bertz CT molecular complexity index is 832. The van der Waals surface area contributed by atoms with Crippen LogP contribution in [0, 0.1) is 23.0 Å². The number of esters is 1. The van der Waals surface area contributed by atoms with Crippen LogP contribution < -0.4 is 5.32 Å². The van der Waals surface area contributed by atoms with E-state index in [4.69, 9.17) is 9.47 Å². The molecule has 1 heterocycles. The Labute approximate surface area is 174 Å². The molecule has 0 bridgehead atoms. The molecule has 30 heavy (non-hydrogen) atoms. The maximum atomic E-state index is 12.3. The summed E-state index contributed by atoms with van der Waals surface area (Å²) in [5, 5.41) is 13.5. The van der Waals surface area contributed by atoms with E-state index < -0.39 is 41.0 Å². The van der Waals surface area contributed by atoms with E-state index >= 15 is 0 Å². The Morgan fingerprint density at radius 1 is 1.30 bits per heavy atom. The van der Waals surface area contributed by atoms with E-state index in [1.165, 1.54) is 23.1 Å². The Hall–Kier alpha value is -3.17. The van der Waals surface area contributed by atoms with Gasteiger partial charge in [-0.15, -0.1) is 0 Å². The Balaban J connectivity index is 1.86. The first kappa shape index (κ1) is 23.1. The number of benzene rings is 1. The van der Waals surface area contributed by atoms with Crippen molar-refractivity contribution in [1.29, 1.82) is 0 Å². The van der Waals surface area contributed by atoms with E-state index in [9.17, 15) is 24.5 Å². The number of nitrogens with zero attached hydrogens (tertiary/aromatic N) is 2. The molecule has 1 saturated heterocycles. The van der Waals surface area contributed by atoms with Crippen LogP contribution in [-0.4, -0.2) is 53.1 Å². The van der Waals surface area contributed by atoms with Crippen molar-refractivity contribution in [1.82, 2.24) is 4.90 Å². The molecule has 1 atom stereocenters. The fourth-order valence-corrected chi connectivity index (χ4v) is 3.00. The lowest BCUT2D eigenvalue weighted by atomic mass is 9.98. The second-order valence-corrected chi connectivity index (χ2v) is 8.18. The average Bonchev–Trinajstić information content (AvgIpc) is 2.66. The van der Waals surface area contributed by atoms with Crippen molar-refractivity contribution in [2.24, 2.45) is 5.92 Å². The molecule has 1 N–H and O–H groups in total. The summed E-state index contributed by atoms with van der Waals surface area (Å²) in [5.41, 5.74) is -0.0409. The number of likely N-dealkylation sites (tertiary alicyclic amines) is 1. The molecule has 10 heteroatoms. The van der Waals surface area contributed by atoms with Crippen LogP contribution in [0.2, 0.25) is 0 Å². The van der Waals surface area contributed by atoms with Crippen LogP contribution in [0.4, 0.5) is 16.2 Å². The summed E-state index contributed by atoms with van der Waals surface area (Å²) in [7, 11) is 0. The van der Waals surface area contributed by atoms with Crippen molar-refractivity contribution >= 4 is 29.3 Å². The van der Waals surface area contributed by atoms with E-state index in [1.807, 2.05) is 0 Å². The Kier molecular flexibility index (Phi) is 7.36. The highest BCUT2D eigenvalue weighted by Crippen LogP contribution is 2.23. The number of carbonyl (C=O) groups is 3. The molecule has 1 aromatic rings. The van der Waals surface area contributed by atoms with Gasteiger partial charge >= 0.3 is 12.1 Å². The van der Waals surface area contributed by atoms with E-state index in [0.717, 1.165) is 0 Å². The topological polar surface area (TPSA) is 128 Å². The van der Waals surface area contributed by atoms with Gasteiger partial charge in [0.05, 0.1) is 10.8 Å². The first-order valence-corrected chi connectivity index (χ1v) is 9.65. The van der Waals surface area contributed by atoms with Crippen LogP contribution in [0.3, 0.4) is 0 Å². The minimum absolute atomic E-state index is 0.116. The van der Waals surface area contributed by atoms with Gasteiger partial charge in [0.1, 0.15) is 5.60 Å². The molecule has 1 aliphatic heterocycles.